The van der Waals surface area contributed by atoms with Crippen LogP contribution >= 0.6 is 0 Å². The molecule has 134 valence electrons. The predicted octanol–water partition coefficient (Wildman–Crippen LogP) is 3.98. The summed E-state index contributed by atoms with van der Waals surface area (Å²) in [5, 5.41) is 0. The highest BCUT2D eigenvalue weighted by Crippen LogP contribution is 2.36. The maximum atomic E-state index is 12.8. The largest absolute Gasteiger partial charge is 0.416 e. The lowest BCUT2D eigenvalue weighted by atomic mass is 10.0. The van der Waals surface area contributed by atoms with E-state index in [1.807, 2.05) is 6.92 Å². The van der Waals surface area contributed by atoms with E-state index >= 15 is 0 Å². The third kappa shape index (κ3) is 4.19. The first kappa shape index (κ1) is 18.6. The van der Waals surface area contributed by atoms with Crippen LogP contribution in [0.15, 0.2) is 18.2 Å². The number of hydrogen-bond donors (Lipinski definition) is 0. The van der Waals surface area contributed by atoms with Gasteiger partial charge < -0.3 is 9.64 Å². The smallest absolute Gasteiger partial charge is 0.375 e. The van der Waals surface area contributed by atoms with E-state index < -0.39 is 35.0 Å². The first-order chi connectivity index (χ1) is 11.0. The molecular formula is C15H15F6NO2. The minimum Gasteiger partial charge on any atom is -0.375 e. The van der Waals surface area contributed by atoms with E-state index in [1.54, 1.807) is 0 Å². The molecule has 2 rings (SSSR count). The molecule has 0 aromatic heterocycles. The molecule has 1 aliphatic rings. The number of amides is 1. The van der Waals surface area contributed by atoms with Crippen molar-refractivity contribution in [2.45, 2.75) is 31.8 Å². The van der Waals surface area contributed by atoms with Crippen molar-refractivity contribution in [3.05, 3.63) is 34.9 Å². The van der Waals surface area contributed by atoms with E-state index in [4.69, 9.17) is 4.74 Å². The molecule has 3 nitrogen and oxygen atoms in total. The fourth-order valence-electron chi connectivity index (χ4n) is 2.41. The Balaban J connectivity index is 2.39. The summed E-state index contributed by atoms with van der Waals surface area (Å²) < 4.78 is 82.4. The summed E-state index contributed by atoms with van der Waals surface area (Å²) in [6, 6.07) is 0.910. The fourth-order valence-corrected chi connectivity index (χ4v) is 2.41. The van der Waals surface area contributed by atoms with E-state index in [2.05, 4.69) is 0 Å². The molecule has 1 aromatic carbocycles. The molecule has 1 amide bonds. The molecule has 0 spiro atoms. The zero-order valence-electron chi connectivity index (χ0n) is 12.7. The topological polar surface area (TPSA) is 29.5 Å². The van der Waals surface area contributed by atoms with Crippen LogP contribution in [-0.2, 0) is 17.1 Å². The third-order valence-electron chi connectivity index (χ3n) is 3.72. The Bertz CT molecular complexity index is 579. The molecule has 0 radical (unpaired) electrons. The number of nitrogens with zero attached hydrogens (tertiary/aromatic N) is 1. The van der Waals surface area contributed by atoms with Gasteiger partial charge in [-0.05, 0) is 24.6 Å². The highest BCUT2D eigenvalue weighted by atomic mass is 19.4. The standard InChI is InChI=1S/C15H15F6NO2/c1-2-12-8-22(3-4-24-12)13(23)9-5-10(14(16,17)18)7-11(6-9)15(19,20)21/h5-7,12H,2-4,8H2,1H3. The van der Waals surface area contributed by atoms with E-state index in [0.29, 0.717) is 18.6 Å². The molecule has 24 heavy (non-hydrogen) atoms. The number of halogens is 6. The minimum atomic E-state index is -4.98. The number of rotatable bonds is 2. The van der Waals surface area contributed by atoms with Gasteiger partial charge in [0.1, 0.15) is 0 Å². The van der Waals surface area contributed by atoms with Gasteiger partial charge in [0.15, 0.2) is 0 Å². The van der Waals surface area contributed by atoms with Gasteiger partial charge in [0.2, 0.25) is 0 Å². The number of carbonyl (C=O) groups excluding carboxylic acids is 1. The summed E-state index contributed by atoms with van der Waals surface area (Å²) in [5.41, 5.74) is -3.63. The van der Waals surface area contributed by atoms with Crippen molar-refractivity contribution in [3.8, 4) is 0 Å². The van der Waals surface area contributed by atoms with Crippen LogP contribution in [0.1, 0.15) is 34.8 Å². The van der Waals surface area contributed by atoms with Gasteiger partial charge >= 0.3 is 12.4 Å². The zero-order chi connectivity index (χ0) is 18.1. The van der Waals surface area contributed by atoms with Gasteiger partial charge in [0, 0.05) is 18.7 Å². The summed E-state index contributed by atoms with van der Waals surface area (Å²) in [5.74, 6) is -0.867. The van der Waals surface area contributed by atoms with Crippen molar-refractivity contribution in [1.82, 2.24) is 4.90 Å². The Morgan fingerprint density at radius 2 is 1.67 bits per heavy atom. The second-order valence-electron chi connectivity index (χ2n) is 5.45. The van der Waals surface area contributed by atoms with Crippen LogP contribution in [0.25, 0.3) is 0 Å². The molecule has 1 aliphatic heterocycles. The molecule has 9 heteroatoms. The van der Waals surface area contributed by atoms with Crippen molar-refractivity contribution in [1.29, 1.82) is 0 Å². The molecule has 1 atom stereocenters. The SMILES string of the molecule is CCC1CN(C(=O)c2cc(C(F)(F)F)cc(C(F)(F)F)c2)CCO1. The van der Waals surface area contributed by atoms with Crippen LogP contribution in [0, 0.1) is 0 Å². The highest BCUT2D eigenvalue weighted by Gasteiger charge is 2.38. The zero-order valence-corrected chi connectivity index (χ0v) is 12.7. The molecule has 1 heterocycles. The van der Waals surface area contributed by atoms with Crippen molar-refractivity contribution in [2.24, 2.45) is 0 Å². The van der Waals surface area contributed by atoms with Crippen LogP contribution in [0.5, 0.6) is 0 Å². The maximum Gasteiger partial charge on any atom is 0.416 e. The summed E-state index contributed by atoms with van der Waals surface area (Å²) in [4.78, 5) is 13.6. The predicted molar refractivity (Wildman–Crippen MR) is 72.4 cm³/mol. The van der Waals surface area contributed by atoms with Crippen LogP contribution in [0.2, 0.25) is 0 Å². The Kier molecular flexibility index (Phi) is 5.12. The Morgan fingerprint density at radius 3 is 2.12 bits per heavy atom. The quantitative estimate of drug-likeness (QED) is 0.751. The van der Waals surface area contributed by atoms with E-state index in [-0.39, 0.29) is 31.9 Å². The lowest BCUT2D eigenvalue weighted by Crippen LogP contribution is -2.45. The third-order valence-corrected chi connectivity index (χ3v) is 3.72. The van der Waals surface area contributed by atoms with Crippen molar-refractivity contribution >= 4 is 5.91 Å². The lowest BCUT2D eigenvalue weighted by molar-refractivity contribution is -0.143. The summed E-state index contributed by atoms with van der Waals surface area (Å²) >= 11 is 0. The van der Waals surface area contributed by atoms with Crippen LogP contribution < -0.4 is 0 Å². The second kappa shape index (κ2) is 6.62. The van der Waals surface area contributed by atoms with Crippen LogP contribution in [0.4, 0.5) is 26.3 Å². The van der Waals surface area contributed by atoms with Crippen LogP contribution in [0.3, 0.4) is 0 Å². The Hall–Kier alpha value is -1.77. The van der Waals surface area contributed by atoms with Gasteiger partial charge in [0.25, 0.3) is 5.91 Å². The van der Waals surface area contributed by atoms with Crippen LogP contribution in [-0.4, -0.2) is 36.6 Å². The van der Waals surface area contributed by atoms with E-state index in [0.717, 1.165) is 0 Å². The van der Waals surface area contributed by atoms with E-state index in [1.165, 1.54) is 4.90 Å². The second-order valence-corrected chi connectivity index (χ2v) is 5.45. The Morgan fingerprint density at radius 1 is 1.12 bits per heavy atom. The molecule has 1 fully saturated rings. The van der Waals surface area contributed by atoms with E-state index in [9.17, 15) is 31.1 Å². The van der Waals surface area contributed by atoms with Gasteiger partial charge in [-0.15, -0.1) is 0 Å². The average Bonchev–Trinajstić information content (AvgIpc) is 2.52. The minimum absolute atomic E-state index is 0.00490. The first-order valence-electron chi connectivity index (χ1n) is 7.22. The summed E-state index contributed by atoms with van der Waals surface area (Å²) in [6.07, 6.45) is -9.66. The van der Waals surface area contributed by atoms with Gasteiger partial charge in [-0.1, -0.05) is 6.92 Å². The molecule has 1 aromatic rings. The summed E-state index contributed by atoms with van der Waals surface area (Å²) in [7, 11) is 0. The molecular weight excluding hydrogens is 340 g/mol. The normalized spacial score (nSPS) is 19.5. The number of hydrogen-bond acceptors (Lipinski definition) is 2. The van der Waals surface area contributed by atoms with Gasteiger partial charge in [-0.2, -0.15) is 26.3 Å². The molecule has 1 saturated heterocycles. The van der Waals surface area contributed by atoms with Crippen molar-refractivity contribution < 1.29 is 35.9 Å². The molecule has 0 bridgehead atoms. The number of ether oxygens (including phenoxy) is 1. The molecule has 1 unspecified atom stereocenters. The lowest BCUT2D eigenvalue weighted by Gasteiger charge is -2.32. The van der Waals surface area contributed by atoms with Gasteiger partial charge in [-0.25, -0.2) is 0 Å². The number of morpholine rings is 1. The average molecular weight is 355 g/mol. The highest BCUT2D eigenvalue weighted by molar-refractivity contribution is 5.94. The number of carbonyl (C=O) groups is 1. The number of alkyl halides is 6. The maximum absolute atomic E-state index is 12.8. The van der Waals surface area contributed by atoms with Crippen molar-refractivity contribution in [2.75, 3.05) is 19.7 Å². The first-order valence-corrected chi connectivity index (χ1v) is 7.22. The number of benzene rings is 1. The summed E-state index contributed by atoms with van der Waals surface area (Å²) in [6.45, 7) is 2.25. The van der Waals surface area contributed by atoms with Gasteiger partial charge in [-0.3, -0.25) is 4.79 Å². The molecule has 0 N–H and O–H groups in total. The Labute approximate surface area is 134 Å². The monoisotopic (exact) mass is 355 g/mol. The fraction of sp³-hybridized carbons (Fsp3) is 0.533. The van der Waals surface area contributed by atoms with Gasteiger partial charge in [0.05, 0.1) is 23.8 Å². The molecule has 0 aliphatic carbocycles. The van der Waals surface area contributed by atoms with Crippen molar-refractivity contribution in [3.63, 3.8) is 0 Å². The molecule has 0 saturated carbocycles.